The van der Waals surface area contributed by atoms with Gasteiger partial charge >= 0.3 is 5.97 Å². The van der Waals surface area contributed by atoms with Crippen molar-refractivity contribution in [1.29, 1.82) is 0 Å². The molecule has 0 saturated carbocycles. The second-order valence-corrected chi connectivity index (χ2v) is 9.37. The number of carbonyl (C=O) groups excluding carboxylic acids is 2. The molecule has 4 rings (SSSR count). The van der Waals surface area contributed by atoms with Crippen molar-refractivity contribution in [3.05, 3.63) is 70.3 Å². The summed E-state index contributed by atoms with van der Waals surface area (Å²) in [7, 11) is 1.57. The summed E-state index contributed by atoms with van der Waals surface area (Å²) in [5, 5.41) is 6.67. The van der Waals surface area contributed by atoms with Crippen molar-refractivity contribution in [2.45, 2.75) is 44.6 Å². The number of esters is 1. The molecule has 2 unspecified atom stereocenters. The number of nitrogens with zero attached hydrogens (tertiary/aromatic N) is 2. The zero-order valence-corrected chi connectivity index (χ0v) is 20.4. The Bertz CT molecular complexity index is 1040. The molecule has 0 amide bonds. The van der Waals surface area contributed by atoms with Gasteiger partial charge in [0.25, 0.3) is 0 Å². The van der Waals surface area contributed by atoms with E-state index in [2.05, 4.69) is 10.1 Å². The number of rotatable bonds is 9. The number of fused-ring (bicyclic) bond motifs is 1. The fourth-order valence-electron chi connectivity index (χ4n) is 4.83. The first-order valence-corrected chi connectivity index (χ1v) is 12.5. The second-order valence-electron chi connectivity index (χ2n) is 9.37. The minimum atomic E-state index is -0.253. The summed E-state index contributed by atoms with van der Waals surface area (Å²) in [6.07, 6.45) is 7.39. The molecule has 186 valence electrons. The number of hydrazone groups is 1. The van der Waals surface area contributed by atoms with Crippen molar-refractivity contribution in [1.82, 2.24) is 5.01 Å². The Morgan fingerprint density at radius 3 is 2.54 bits per heavy atom. The predicted octanol–water partition coefficient (Wildman–Crippen LogP) is 3.88. The van der Waals surface area contributed by atoms with E-state index in [1.54, 1.807) is 7.11 Å². The third-order valence-corrected chi connectivity index (χ3v) is 6.91. The molecule has 1 saturated heterocycles. The van der Waals surface area contributed by atoms with E-state index in [4.69, 9.17) is 15.2 Å². The molecule has 1 aliphatic heterocycles. The highest BCUT2D eigenvalue weighted by Gasteiger charge is 2.29. The van der Waals surface area contributed by atoms with Crippen molar-refractivity contribution in [2.75, 3.05) is 33.4 Å². The number of ether oxygens (including phenoxy) is 2. The number of aryl methyl sites for hydroxylation is 1. The Morgan fingerprint density at radius 1 is 1.06 bits per heavy atom. The Morgan fingerprint density at radius 2 is 1.80 bits per heavy atom. The van der Waals surface area contributed by atoms with E-state index in [1.807, 2.05) is 48.7 Å². The minimum absolute atomic E-state index is 0.00950. The Balaban J connectivity index is 1.38. The summed E-state index contributed by atoms with van der Waals surface area (Å²) in [5.41, 5.74) is 10.9. The molecule has 2 N–H and O–H groups in total. The van der Waals surface area contributed by atoms with Crippen molar-refractivity contribution < 1.29 is 19.1 Å². The van der Waals surface area contributed by atoms with Crippen LogP contribution in [0.4, 0.5) is 0 Å². The van der Waals surface area contributed by atoms with Gasteiger partial charge in [-0.1, -0.05) is 36.4 Å². The van der Waals surface area contributed by atoms with Gasteiger partial charge in [0.05, 0.1) is 19.2 Å². The Labute approximate surface area is 207 Å². The van der Waals surface area contributed by atoms with E-state index in [0.29, 0.717) is 24.2 Å². The number of piperidine rings is 1. The van der Waals surface area contributed by atoms with Crippen LogP contribution in [0.1, 0.15) is 70.8 Å². The highest BCUT2D eigenvalue weighted by molar-refractivity contribution is 6.09. The largest absolute Gasteiger partial charge is 0.463 e. The van der Waals surface area contributed by atoms with E-state index >= 15 is 0 Å². The number of methoxy groups -OCH3 is 1. The molecule has 0 spiro atoms. The molecule has 2 atom stereocenters. The molecule has 1 aliphatic carbocycles. The number of nitrogens with two attached hydrogens (primary N) is 1. The summed E-state index contributed by atoms with van der Waals surface area (Å²) in [4.78, 5) is 25.2. The molecule has 2 aromatic rings. The zero-order chi connectivity index (χ0) is 24.6. The Kier molecular flexibility index (Phi) is 8.66. The first-order chi connectivity index (χ1) is 17.0. The topological polar surface area (TPSA) is 94.2 Å². The highest BCUT2D eigenvalue weighted by Crippen LogP contribution is 2.35. The SMILES string of the molecule is COCCOC(=O)CC1CCc2cc(C(=O)c3ccc(C=NN4CCCCC4)cc3)ccc2C1N. The maximum atomic E-state index is 13.1. The summed E-state index contributed by atoms with van der Waals surface area (Å²) >= 11 is 0. The van der Waals surface area contributed by atoms with Crippen LogP contribution in [0.5, 0.6) is 0 Å². The van der Waals surface area contributed by atoms with Gasteiger partial charge in [0.1, 0.15) is 6.61 Å². The van der Waals surface area contributed by atoms with Crippen LogP contribution < -0.4 is 5.73 Å². The van der Waals surface area contributed by atoms with E-state index in [-0.39, 0.29) is 30.3 Å². The molecule has 2 aliphatic rings. The molecule has 0 bridgehead atoms. The second kappa shape index (κ2) is 12.1. The monoisotopic (exact) mass is 477 g/mol. The molecule has 0 radical (unpaired) electrons. The van der Waals surface area contributed by atoms with E-state index in [1.165, 1.54) is 19.3 Å². The lowest BCUT2D eigenvalue weighted by Gasteiger charge is -2.30. The van der Waals surface area contributed by atoms with Crippen molar-refractivity contribution in [3.8, 4) is 0 Å². The van der Waals surface area contributed by atoms with Gasteiger partial charge in [-0.2, -0.15) is 5.10 Å². The van der Waals surface area contributed by atoms with Crippen LogP contribution in [-0.2, 0) is 20.7 Å². The fourth-order valence-corrected chi connectivity index (χ4v) is 4.83. The van der Waals surface area contributed by atoms with Gasteiger partial charge < -0.3 is 15.2 Å². The summed E-state index contributed by atoms with van der Waals surface area (Å²) in [6.45, 7) is 2.66. The van der Waals surface area contributed by atoms with Gasteiger partial charge in [-0.3, -0.25) is 14.6 Å². The molecule has 1 fully saturated rings. The van der Waals surface area contributed by atoms with Gasteiger partial charge in [-0.15, -0.1) is 0 Å². The van der Waals surface area contributed by atoms with Crippen LogP contribution in [0, 0.1) is 5.92 Å². The standard InChI is InChI=1S/C28H35N3O4/c1-34-15-16-35-26(32)18-23-10-9-22-17-24(11-12-25(22)27(23)29)28(33)21-7-5-20(6-8-21)19-30-31-13-3-2-4-14-31/h5-8,11-12,17,19,23,27H,2-4,9-10,13-16,18,29H2,1H3. The van der Waals surface area contributed by atoms with Gasteiger partial charge in [-0.25, -0.2) is 0 Å². The molecule has 1 heterocycles. The lowest BCUT2D eigenvalue weighted by atomic mass is 9.78. The van der Waals surface area contributed by atoms with Crippen molar-refractivity contribution in [3.63, 3.8) is 0 Å². The van der Waals surface area contributed by atoms with Crippen LogP contribution in [0.2, 0.25) is 0 Å². The maximum absolute atomic E-state index is 13.1. The molecular formula is C28H35N3O4. The van der Waals surface area contributed by atoms with Crippen LogP contribution in [-0.4, -0.2) is 56.4 Å². The average molecular weight is 478 g/mol. The average Bonchev–Trinajstić information content (AvgIpc) is 2.89. The predicted molar refractivity (Wildman–Crippen MR) is 136 cm³/mol. The van der Waals surface area contributed by atoms with Crippen LogP contribution in [0.15, 0.2) is 47.6 Å². The third-order valence-electron chi connectivity index (χ3n) is 6.91. The first-order valence-electron chi connectivity index (χ1n) is 12.5. The van der Waals surface area contributed by atoms with Crippen molar-refractivity contribution in [2.24, 2.45) is 16.8 Å². The molecule has 7 nitrogen and oxygen atoms in total. The van der Waals surface area contributed by atoms with E-state index < -0.39 is 0 Å². The quantitative estimate of drug-likeness (QED) is 0.255. The van der Waals surface area contributed by atoms with Crippen LogP contribution in [0.25, 0.3) is 0 Å². The number of hydrogen-bond donors (Lipinski definition) is 1. The molecular weight excluding hydrogens is 442 g/mol. The maximum Gasteiger partial charge on any atom is 0.306 e. The first kappa shape index (κ1) is 25.1. The van der Waals surface area contributed by atoms with Gasteiger partial charge in [0.2, 0.25) is 0 Å². The van der Waals surface area contributed by atoms with Crippen LogP contribution >= 0.6 is 0 Å². The van der Waals surface area contributed by atoms with Crippen LogP contribution in [0.3, 0.4) is 0 Å². The summed E-state index contributed by atoms with van der Waals surface area (Å²) < 4.78 is 10.1. The van der Waals surface area contributed by atoms with Gasteiger partial charge in [0.15, 0.2) is 5.78 Å². The molecule has 2 aromatic carbocycles. The number of benzene rings is 2. The van der Waals surface area contributed by atoms with Crippen molar-refractivity contribution >= 4 is 18.0 Å². The van der Waals surface area contributed by atoms with Gasteiger partial charge in [-0.05, 0) is 60.8 Å². The van der Waals surface area contributed by atoms with E-state index in [0.717, 1.165) is 42.6 Å². The lowest BCUT2D eigenvalue weighted by molar-refractivity contribution is -0.146. The fraction of sp³-hybridized carbons (Fsp3) is 0.464. The smallest absolute Gasteiger partial charge is 0.306 e. The number of hydrogen-bond acceptors (Lipinski definition) is 7. The molecule has 35 heavy (non-hydrogen) atoms. The number of carbonyl (C=O) groups is 2. The molecule has 0 aromatic heterocycles. The van der Waals surface area contributed by atoms with E-state index in [9.17, 15) is 9.59 Å². The highest BCUT2D eigenvalue weighted by atomic mass is 16.6. The van der Waals surface area contributed by atoms with Gasteiger partial charge in [0, 0.05) is 37.4 Å². The third kappa shape index (κ3) is 6.55. The minimum Gasteiger partial charge on any atom is -0.463 e. The zero-order valence-electron chi connectivity index (χ0n) is 20.4. The number of ketones is 1. The molecule has 7 heteroatoms. The summed E-state index contributed by atoms with van der Waals surface area (Å²) in [5.74, 6) is -0.231. The lowest BCUT2D eigenvalue weighted by Crippen LogP contribution is -2.30. The summed E-state index contributed by atoms with van der Waals surface area (Å²) in [6, 6.07) is 13.1. The normalized spacial score (nSPS) is 20.0. The Hall–Kier alpha value is -3.03.